The van der Waals surface area contributed by atoms with Crippen LogP contribution in [0.5, 0.6) is 0 Å². The lowest BCUT2D eigenvalue weighted by molar-refractivity contribution is 0.401. The second-order valence-corrected chi connectivity index (χ2v) is 18.8. The summed E-state index contributed by atoms with van der Waals surface area (Å²) in [6.07, 6.45) is 49.8. The summed E-state index contributed by atoms with van der Waals surface area (Å²) in [5.74, 6) is 3.96. The van der Waals surface area contributed by atoms with E-state index in [1.807, 2.05) is 0 Å². The minimum Gasteiger partial charge on any atom is -0.309 e. The van der Waals surface area contributed by atoms with E-state index < -0.39 is 0 Å². The Morgan fingerprint density at radius 3 is 1.35 bits per heavy atom. The summed E-state index contributed by atoms with van der Waals surface area (Å²) in [6.45, 7) is 5.77. The summed E-state index contributed by atoms with van der Waals surface area (Å²) in [5.41, 5.74) is 0. The molecule has 0 amide bonds. The molecule has 0 aliphatic carbocycles. The largest absolute Gasteiger partial charge is 0.309 e. The third-order valence-corrected chi connectivity index (χ3v) is 14.1. The van der Waals surface area contributed by atoms with Crippen molar-refractivity contribution in [3.8, 4) is 0 Å². The molecular weight excluding hydrogens is 635 g/mol. The molecule has 0 radical (unpaired) electrons. The van der Waals surface area contributed by atoms with Gasteiger partial charge in [0.15, 0.2) is 0 Å². The smallest absolute Gasteiger partial charge is 0.0262 e. The molecule has 0 saturated heterocycles. The fraction of sp³-hybridized carbons (Fsp3) is 0.854. The fourth-order valence-corrected chi connectivity index (χ4v) is 11.1. The summed E-state index contributed by atoms with van der Waals surface area (Å²) in [4.78, 5) is 2.35. The van der Waals surface area contributed by atoms with Gasteiger partial charge < -0.3 is 4.90 Å². The lowest BCUT2D eigenvalue weighted by atomic mass is 10.1. The SMILES string of the molecule is CCCCC/C=C\C/C=C\CCCCCCCCSSC(CCN(C)C)CSSCCCCCCCCCC/C=C\CCCCC. The van der Waals surface area contributed by atoms with E-state index in [-0.39, 0.29) is 0 Å². The third kappa shape index (κ3) is 40.8. The van der Waals surface area contributed by atoms with Gasteiger partial charge in [-0.25, -0.2) is 0 Å². The number of nitrogens with zero attached hydrogens (tertiary/aromatic N) is 1. The van der Waals surface area contributed by atoms with Crippen LogP contribution >= 0.6 is 43.2 Å². The molecule has 1 nitrogen and oxygen atoms in total. The zero-order chi connectivity index (χ0) is 33.4. The Morgan fingerprint density at radius 1 is 0.457 bits per heavy atom. The van der Waals surface area contributed by atoms with Crippen molar-refractivity contribution in [2.24, 2.45) is 0 Å². The molecule has 5 heteroatoms. The molecule has 0 bridgehead atoms. The second-order valence-electron chi connectivity index (χ2n) is 13.4. The van der Waals surface area contributed by atoms with Crippen molar-refractivity contribution in [1.82, 2.24) is 4.90 Å². The summed E-state index contributed by atoms with van der Waals surface area (Å²) in [5, 5.41) is 0.783. The van der Waals surface area contributed by atoms with Gasteiger partial charge in [-0.1, -0.05) is 183 Å². The highest BCUT2D eigenvalue weighted by molar-refractivity contribution is 8.78. The molecule has 0 aromatic carbocycles. The molecule has 0 aromatic rings. The fourth-order valence-electron chi connectivity index (χ4n) is 5.27. The van der Waals surface area contributed by atoms with Crippen molar-refractivity contribution in [2.75, 3.05) is 37.9 Å². The Labute approximate surface area is 306 Å². The van der Waals surface area contributed by atoms with E-state index in [4.69, 9.17) is 0 Å². The Morgan fingerprint density at radius 2 is 0.870 bits per heavy atom. The lowest BCUT2D eigenvalue weighted by Crippen LogP contribution is -2.18. The number of hydrogen-bond acceptors (Lipinski definition) is 5. The first-order valence-corrected chi connectivity index (χ1v) is 24.7. The van der Waals surface area contributed by atoms with Crippen molar-refractivity contribution < 1.29 is 0 Å². The van der Waals surface area contributed by atoms with Gasteiger partial charge in [-0.2, -0.15) is 0 Å². The average molecular weight is 714 g/mol. The van der Waals surface area contributed by atoms with Crippen LogP contribution in [-0.2, 0) is 0 Å². The molecule has 1 atom stereocenters. The van der Waals surface area contributed by atoms with Gasteiger partial charge in [0, 0.05) is 22.5 Å². The van der Waals surface area contributed by atoms with E-state index in [1.165, 1.54) is 184 Å². The van der Waals surface area contributed by atoms with E-state index in [1.54, 1.807) is 0 Å². The van der Waals surface area contributed by atoms with Crippen LogP contribution in [0.3, 0.4) is 0 Å². The van der Waals surface area contributed by atoms with Crippen molar-refractivity contribution in [3.63, 3.8) is 0 Å². The van der Waals surface area contributed by atoms with Gasteiger partial charge >= 0.3 is 0 Å². The molecule has 0 N–H and O–H groups in total. The summed E-state index contributed by atoms with van der Waals surface area (Å²) >= 11 is 0. The van der Waals surface area contributed by atoms with Crippen LogP contribution in [0.1, 0.15) is 181 Å². The quantitative estimate of drug-likeness (QED) is 0.0355. The van der Waals surface area contributed by atoms with Gasteiger partial charge in [-0.3, -0.25) is 0 Å². The summed E-state index contributed by atoms with van der Waals surface area (Å²) in [7, 11) is 13.0. The molecule has 46 heavy (non-hydrogen) atoms. The molecule has 0 aliphatic heterocycles. The molecule has 0 aliphatic rings. The molecule has 0 rings (SSSR count). The van der Waals surface area contributed by atoms with E-state index >= 15 is 0 Å². The first-order valence-electron chi connectivity index (χ1n) is 19.8. The molecule has 0 spiro atoms. The van der Waals surface area contributed by atoms with Crippen molar-refractivity contribution in [3.05, 3.63) is 36.5 Å². The maximum absolute atomic E-state index is 2.42. The number of allylic oxidation sites excluding steroid dienone is 6. The Bertz CT molecular complexity index is 648. The average Bonchev–Trinajstić information content (AvgIpc) is 3.05. The van der Waals surface area contributed by atoms with Crippen LogP contribution in [-0.4, -0.2) is 48.0 Å². The highest BCUT2D eigenvalue weighted by atomic mass is 33.1. The van der Waals surface area contributed by atoms with E-state index in [2.05, 4.69) is 112 Å². The third-order valence-electron chi connectivity index (χ3n) is 8.36. The first kappa shape index (κ1) is 46.6. The topological polar surface area (TPSA) is 3.24 Å². The Kier molecular flexibility index (Phi) is 42.3. The molecular formula is C41H79NS4. The predicted molar refractivity (Wildman–Crippen MR) is 226 cm³/mol. The van der Waals surface area contributed by atoms with Gasteiger partial charge in [-0.15, -0.1) is 0 Å². The van der Waals surface area contributed by atoms with Gasteiger partial charge in [0.05, 0.1) is 0 Å². The van der Waals surface area contributed by atoms with Crippen LogP contribution in [0.2, 0.25) is 0 Å². The minimum absolute atomic E-state index is 0.783. The second kappa shape index (κ2) is 41.7. The van der Waals surface area contributed by atoms with Gasteiger partial charge in [-0.05, 0) is 97.7 Å². The molecule has 0 aromatic heterocycles. The van der Waals surface area contributed by atoms with Crippen molar-refractivity contribution in [1.29, 1.82) is 0 Å². The monoisotopic (exact) mass is 714 g/mol. The highest BCUT2D eigenvalue weighted by Gasteiger charge is 2.11. The molecule has 0 saturated carbocycles. The van der Waals surface area contributed by atoms with Gasteiger partial charge in [0.1, 0.15) is 0 Å². The lowest BCUT2D eigenvalue weighted by Gasteiger charge is -2.18. The molecule has 0 heterocycles. The zero-order valence-corrected chi connectivity index (χ0v) is 34.6. The normalized spacial score (nSPS) is 13.0. The van der Waals surface area contributed by atoms with E-state index in [0.29, 0.717) is 0 Å². The Balaban J connectivity index is 3.60. The van der Waals surface area contributed by atoms with Crippen molar-refractivity contribution in [2.45, 2.75) is 186 Å². The van der Waals surface area contributed by atoms with E-state index in [9.17, 15) is 0 Å². The van der Waals surface area contributed by atoms with Crippen LogP contribution in [0.4, 0.5) is 0 Å². The molecule has 272 valence electrons. The van der Waals surface area contributed by atoms with Gasteiger partial charge in [0.2, 0.25) is 0 Å². The number of unbranched alkanes of at least 4 members (excludes halogenated alkanes) is 20. The summed E-state index contributed by atoms with van der Waals surface area (Å²) in [6, 6.07) is 0. The van der Waals surface area contributed by atoms with Crippen molar-refractivity contribution >= 4 is 43.2 Å². The van der Waals surface area contributed by atoms with Crippen LogP contribution in [0.15, 0.2) is 36.5 Å². The zero-order valence-electron chi connectivity index (χ0n) is 31.3. The van der Waals surface area contributed by atoms with E-state index in [0.717, 1.165) is 11.7 Å². The summed E-state index contributed by atoms with van der Waals surface area (Å²) < 4.78 is 0. The van der Waals surface area contributed by atoms with Crippen LogP contribution in [0.25, 0.3) is 0 Å². The Hall–Kier alpha value is 0.580. The maximum Gasteiger partial charge on any atom is 0.0262 e. The number of rotatable bonds is 38. The van der Waals surface area contributed by atoms with Crippen LogP contribution < -0.4 is 0 Å². The first-order chi connectivity index (χ1) is 22.7. The number of hydrogen-bond donors (Lipinski definition) is 0. The van der Waals surface area contributed by atoms with Gasteiger partial charge in [0.25, 0.3) is 0 Å². The standard InChI is InChI=1S/C41H79NS4/c1-5-7-9-11-13-15-17-19-21-23-25-27-29-31-33-35-39-44-46-41(36-37-42(3)4)40-45-43-38-34-32-30-28-26-24-22-20-18-16-14-12-10-8-6-2/h13-16,19,21,41H,5-12,17-18,20,22-40H2,1-4H3/b15-13-,16-14-,21-19-. The predicted octanol–water partition coefficient (Wildman–Crippen LogP) is 15.5. The van der Waals surface area contributed by atoms with Crippen LogP contribution in [0, 0.1) is 0 Å². The highest BCUT2D eigenvalue weighted by Crippen LogP contribution is 2.35. The molecule has 1 unspecified atom stereocenters. The maximum atomic E-state index is 2.42. The minimum atomic E-state index is 0.783. The molecule has 0 fully saturated rings.